The van der Waals surface area contributed by atoms with Crippen molar-refractivity contribution < 1.29 is 27.5 Å². The van der Waals surface area contributed by atoms with Crippen molar-refractivity contribution in [3.8, 4) is 0 Å². The number of hydrogen-bond donors (Lipinski definition) is 1. The van der Waals surface area contributed by atoms with E-state index in [9.17, 15) is 22.8 Å². The molecule has 1 N–H and O–H groups in total. The van der Waals surface area contributed by atoms with Crippen LogP contribution in [0.1, 0.15) is 33.4 Å². The summed E-state index contributed by atoms with van der Waals surface area (Å²) in [5.74, 6) is -1.03. The Labute approximate surface area is 172 Å². The summed E-state index contributed by atoms with van der Waals surface area (Å²) in [6.45, 7) is 3.66. The molecule has 0 unspecified atom stereocenters. The van der Waals surface area contributed by atoms with Gasteiger partial charge in [0.1, 0.15) is 5.00 Å². The Morgan fingerprint density at radius 2 is 2.03 bits per heavy atom. The van der Waals surface area contributed by atoms with Crippen LogP contribution in [-0.4, -0.2) is 27.9 Å². The summed E-state index contributed by atoms with van der Waals surface area (Å²) < 4.78 is 44.9. The van der Waals surface area contributed by atoms with Crippen LogP contribution in [0.15, 0.2) is 24.5 Å². The minimum absolute atomic E-state index is 0.113. The fourth-order valence-electron chi connectivity index (χ4n) is 2.65. The number of fused-ring (bicyclic) bond motifs is 1. The molecular formula is C18H15ClF3N3O3S. The van der Waals surface area contributed by atoms with Crippen molar-refractivity contribution in [3.63, 3.8) is 0 Å². The lowest BCUT2D eigenvalue weighted by Crippen LogP contribution is -2.16. The number of rotatable bonds is 5. The van der Waals surface area contributed by atoms with E-state index in [1.54, 1.807) is 19.9 Å². The smallest absolute Gasteiger partial charge is 0.417 e. The van der Waals surface area contributed by atoms with Crippen molar-refractivity contribution >= 4 is 45.5 Å². The van der Waals surface area contributed by atoms with E-state index in [0.717, 1.165) is 21.5 Å². The third-order valence-corrected chi connectivity index (χ3v) is 5.07. The number of ether oxygens (including phenoxy) is 1. The molecule has 3 heterocycles. The van der Waals surface area contributed by atoms with Crippen molar-refractivity contribution in [3.05, 3.63) is 51.2 Å². The molecule has 0 saturated heterocycles. The summed E-state index contributed by atoms with van der Waals surface area (Å²) in [7, 11) is 0. The Kier molecular flexibility index (Phi) is 5.85. The van der Waals surface area contributed by atoms with Crippen LogP contribution in [0.3, 0.4) is 0 Å². The number of aromatic nitrogens is 2. The number of aryl methyl sites for hydroxylation is 1. The summed E-state index contributed by atoms with van der Waals surface area (Å²) in [6.07, 6.45) is -2.60. The lowest BCUT2D eigenvalue weighted by atomic mass is 10.2. The highest BCUT2D eigenvalue weighted by Crippen LogP contribution is 2.32. The van der Waals surface area contributed by atoms with Crippen LogP contribution in [0, 0.1) is 6.92 Å². The van der Waals surface area contributed by atoms with Crippen LogP contribution in [0.5, 0.6) is 0 Å². The molecule has 29 heavy (non-hydrogen) atoms. The second-order valence-electron chi connectivity index (χ2n) is 6.08. The van der Waals surface area contributed by atoms with Gasteiger partial charge >= 0.3 is 12.1 Å². The number of nitrogens with zero attached hydrogens (tertiary/aromatic N) is 2. The van der Waals surface area contributed by atoms with Crippen LogP contribution < -0.4 is 5.32 Å². The Hall–Kier alpha value is -2.59. The molecule has 0 fully saturated rings. The molecule has 0 aliphatic rings. The normalized spacial score (nSPS) is 11.7. The van der Waals surface area contributed by atoms with Crippen LogP contribution in [0.25, 0.3) is 5.65 Å². The van der Waals surface area contributed by atoms with Crippen LogP contribution in [0.2, 0.25) is 5.02 Å². The van der Waals surface area contributed by atoms with Gasteiger partial charge in [0.2, 0.25) is 5.91 Å². The predicted octanol–water partition coefficient (Wildman–Crippen LogP) is 4.73. The highest BCUT2D eigenvalue weighted by atomic mass is 35.5. The average Bonchev–Trinajstić information content (AvgIpc) is 3.17. The summed E-state index contributed by atoms with van der Waals surface area (Å²) in [5.41, 5.74) is -0.330. The van der Waals surface area contributed by atoms with Gasteiger partial charge in [-0.2, -0.15) is 13.2 Å². The first kappa shape index (κ1) is 21.1. The van der Waals surface area contributed by atoms with E-state index in [1.165, 1.54) is 17.5 Å². The zero-order chi connectivity index (χ0) is 21.3. The van der Waals surface area contributed by atoms with E-state index in [1.807, 2.05) is 0 Å². The Balaban J connectivity index is 1.80. The molecule has 3 aromatic rings. The highest BCUT2D eigenvalue weighted by molar-refractivity contribution is 7.16. The van der Waals surface area contributed by atoms with Gasteiger partial charge in [0.05, 0.1) is 34.9 Å². The minimum Gasteiger partial charge on any atom is -0.462 e. The SMILES string of the molecule is CCOC(=O)c1cc(C)sc1NC(=O)Cc1cn2cc(C(F)(F)F)cc(Cl)c2n1. The molecule has 11 heteroatoms. The molecule has 0 aromatic carbocycles. The van der Waals surface area contributed by atoms with Gasteiger partial charge in [-0.3, -0.25) is 4.79 Å². The first-order chi connectivity index (χ1) is 13.6. The lowest BCUT2D eigenvalue weighted by Gasteiger charge is -2.07. The second kappa shape index (κ2) is 8.03. The van der Waals surface area contributed by atoms with E-state index < -0.39 is 23.6 Å². The number of pyridine rings is 1. The van der Waals surface area contributed by atoms with Gasteiger partial charge < -0.3 is 14.5 Å². The third-order valence-electron chi connectivity index (χ3n) is 3.83. The van der Waals surface area contributed by atoms with Gasteiger partial charge in [-0.25, -0.2) is 9.78 Å². The first-order valence-electron chi connectivity index (χ1n) is 8.40. The monoisotopic (exact) mass is 445 g/mol. The molecule has 154 valence electrons. The predicted molar refractivity (Wildman–Crippen MR) is 103 cm³/mol. The third kappa shape index (κ3) is 4.70. The number of amides is 1. The second-order valence-corrected chi connectivity index (χ2v) is 7.75. The molecule has 3 rings (SSSR count). The van der Waals surface area contributed by atoms with Crippen molar-refractivity contribution in [2.24, 2.45) is 0 Å². The molecule has 1 amide bonds. The van der Waals surface area contributed by atoms with Gasteiger partial charge in [0.25, 0.3) is 0 Å². The number of esters is 1. The topological polar surface area (TPSA) is 72.7 Å². The Morgan fingerprint density at radius 1 is 1.31 bits per heavy atom. The molecule has 0 aliphatic carbocycles. The fourth-order valence-corrected chi connectivity index (χ4v) is 3.82. The number of nitrogens with one attached hydrogen (secondary N) is 1. The number of halogens is 4. The fraction of sp³-hybridized carbons (Fsp3) is 0.278. The Bertz CT molecular complexity index is 1090. The molecule has 0 atom stereocenters. The summed E-state index contributed by atoms with van der Waals surface area (Å²) in [6, 6.07) is 2.40. The van der Waals surface area contributed by atoms with Crippen molar-refractivity contribution in [2.75, 3.05) is 11.9 Å². The van der Waals surface area contributed by atoms with E-state index in [-0.39, 0.29) is 35.0 Å². The summed E-state index contributed by atoms with van der Waals surface area (Å²) in [5, 5.41) is 2.79. The van der Waals surface area contributed by atoms with E-state index in [4.69, 9.17) is 16.3 Å². The summed E-state index contributed by atoms with van der Waals surface area (Å²) >= 11 is 7.12. The molecule has 6 nitrogen and oxygen atoms in total. The van der Waals surface area contributed by atoms with E-state index in [0.29, 0.717) is 5.00 Å². The maximum absolute atomic E-state index is 12.9. The molecular weight excluding hydrogens is 431 g/mol. The number of carbonyl (C=O) groups excluding carboxylic acids is 2. The van der Waals surface area contributed by atoms with Gasteiger partial charge in [0, 0.05) is 17.3 Å². The van der Waals surface area contributed by atoms with Gasteiger partial charge in [-0.05, 0) is 26.0 Å². The Morgan fingerprint density at radius 3 is 2.69 bits per heavy atom. The molecule has 0 saturated carbocycles. The molecule has 0 radical (unpaired) electrons. The number of alkyl halides is 3. The number of anilines is 1. The van der Waals surface area contributed by atoms with Gasteiger partial charge in [-0.15, -0.1) is 11.3 Å². The largest absolute Gasteiger partial charge is 0.462 e. The van der Waals surface area contributed by atoms with Gasteiger partial charge in [-0.1, -0.05) is 11.6 Å². The van der Waals surface area contributed by atoms with Gasteiger partial charge in [0.15, 0.2) is 5.65 Å². The maximum atomic E-state index is 12.9. The number of imidazole rings is 1. The average molecular weight is 446 g/mol. The molecule has 0 spiro atoms. The highest BCUT2D eigenvalue weighted by Gasteiger charge is 2.32. The standard InChI is InChI=1S/C18H15ClF3N3O3S/c1-3-28-17(27)12-4-9(2)29-16(12)24-14(26)6-11-8-25-7-10(18(20,21)22)5-13(19)15(25)23-11/h4-5,7-8H,3,6H2,1-2H3,(H,24,26). The van der Waals surface area contributed by atoms with Crippen LogP contribution >= 0.6 is 22.9 Å². The van der Waals surface area contributed by atoms with Crippen LogP contribution in [0.4, 0.5) is 18.2 Å². The molecule has 3 aromatic heterocycles. The van der Waals surface area contributed by atoms with Crippen LogP contribution in [-0.2, 0) is 22.1 Å². The number of thiophene rings is 1. The number of hydrogen-bond acceptors (Lipinski definition) is 5. The zero-order valence-electron chi connectivity index (χ0n) is 15.3. The molecule has 0 bridgehead atoms. The van der Waals surface area contributed by atoms with Crippen molar-refractivity contribution in [1.29, 1.82) is 0 Å². The minimum atomic E-state index is -4.56. The first-order valence-corrected chi connectivity index (χ1v) is 9.59. The summed E-state index contributed by atoms with van der Waals surface area (Å²) in [4.78, 5) is 29.3. The maximum Gasteiger partial charge on any atom is 0.417 e. The quantitative estimate of drug-likeness (QED) is 0.576. The van der Waals surface area contributed by atoms with Crippen molar-refractivity contribution in [2.45, 2.75) is 26.4 Å². The van der Waals surface area contributed by atoms with E-state index in [2.05, 4.69) is 10.3 Å². The zero-order valence-corrected chi connectivity index (χ0v) is 16.8. The number of carbonyl (C=O) groups is 2. The van der Waals surface area contributed by atoms with Crippen molar-refractivity contribution in [1.82, 2.24) is 9.38 Å². The molecule has 0 aliphatic heterocycles. The van der Waals surface area contributed by atoms with E-state index >= 15 is 0 Å². The lowest BCUT2D eigenvalue weighted by molar-refractivity contribution is -0.137.